The van der Waals surface area contributed by atoms with Crippen molar-refractivity contribution in [1.29, 1.82) is 0 Å². The van der Waals surface area contributed by atoms with Crippen molar-refractivity contribution in [3.05, 3.63) is 29.8 Å². The summed E-state index contributed by atoms with van der Waals surface area (Å²) in [7, 11) is 1.56. The van der Waals surface area contributed by atoms with Crippen molar-refractivity contribution in [3.63, 3.8) is 0 Å². The van der Waals surface area contributed by atoms with Crippen molar-refractivity contribution in [1.82, 2.24) is 5.32 Å². The average Bonchev–Trinajstić information content (AvgIpc) is 2.27. The van der Waals surface area contributed by atoms with Gasteiger partial charge in [0.05, 0.1) is 13.5 Å². The standard InChI is InChI=1S/C12H16F3NO/c1-9(16-7-6-12(13,14)15)10-4-3-5-11(8-10)17-2/h3-5,8-9,16H,6-7H2,1-2H3. The van der Waals surface area contributed by atoms with E-state index in [0.717, 1.165) is 5.56 Å². The van der Waals surface area contributed by atoms with Gasteiger partial charge in [0.25, 0.3) is 0 Å². The lowest BCUT2D eigenvalue weighted by Gasteiger charge is -2.15. The zero-order chi connectivity index (χ0) is 12.9. The minimum atomic E-state index is -4.11. The number of halogens is 3. The molecular formula is C12H16F3NO. The van der Waals surface area contributed by atoms with E-state index < -0.39 is 12.6 Å². The summed E-state index contributed by atoms with van der Waals surface area (Å²) in [5.74, 6) is 0.701. The molecule has 1 aromatic carbocycles. The molecule has 0 spiro atoms. The maximum atomic E-state index is 12.0. The van der Waals surface area contributed by atoms with Crippen LogP contribution in [0.4, 0.5) is 13.2 Å². The quantitative estimate of drug-likeness (QED) is 0.862. The van der Waals surface area contributed by atoms with Crippen LogP contribution in [0.25, 0.3) is 0 Å². The van der Waals surface area contributed by atoms with Gasteiger partial charge < -0.3 is 10.1 Å². The second kappa shape index (κ2) is 5.91. The lowest BCUT2D eigenvalue weighted by atomic mass is 10.1. The molecule has 0 saturated heterocycles. The fourth-order valence-electron chi connectivity index (χ4n) is 1.46. The SMILES string of the molecule is COc1cccc(C(C)NCCC(F)(F)F)c1. The van der Waals surface area contributed by atoms with Gasteiger partial charge >= 0.3 is 6.18 Å². The Hall–Kier alpha value is -1.23. The van der Waals surface area contributed by atoms with E-state index in [9.17, 15) is 13.2 Å². The Morgan fingerprint density at radius 1 is 1.35 bits per heavy atom. The molecule has 1 atom stereocenters. The van der Waals surface area contributed by atoms with E-state index in [2.05, 4.69) is 5.32 Å². The van der Waals surface area contributed by atoms with Gasteiger partial charge in [0, 0.05) is 12.6 Å². The summed E-state index contributed by atoms with van der Waals surface area (Å²) in [6.45, 7) is 1.74. The first-order valence-electron chi connectivity index (χ1n) is 5.36. The third kappa shape index (κ3) is 5.08. The zero-order valence-corrected chi connectivity index (χ0v) is 9.84. The lowest BCUT2D eigenvalue weighted by molar-refractivity contribution is -0.133. The molecule has 0 radical (unpaired) electrons. The third-order valence-electron chi connectivity index (χ3n) is 2.45. The fraction of sp³-hybridized carbons (Fsp3) is 0.500. The van der Waals surface area contributed by atoms with Gasteiger partial charge in [0.15, 0.2) is 0 Å². The van der Waals surface area contributed by atoms with Gasteiger partial charge in [-0.25, -0.2) is 0 Å². The van der Waals surface area contributed by atoms with Gasteiger partial charge in [-0.1, -0.05) is 12.1 Å². The Kier molecular flexibility index (Phi) is 4.81. The molecule has 2 nitrogen and oxygen atoms in total. The normalized spacial score (nSPS) is 13.5. The van der Waals surface area contributed by atoms with Crippen molar-refractivity contribution in [2.24, 2.45) is 0 Å². The van der Waals surface area contributed by atoms with Crippen molar-refractivity contribution in [2.75, 3.05) is 13.7 Å². The number of benzene rings is 1. The Morgan fingerprint density at radius 2 is 2.06 bits per heavy atom. The number of rotatable bonds is 5. The third-order valence-corrected chi connectivity index (χ3v) is 2.45. The number of hydrogen-bond donors (Lipinski definition) is 1. The van der Waals surface area contributed by atoms with Crippen LogP contribution in [-0.4, -0.2) is 19.8 Å². The summed E-state index contributed by atoms with van der Waals surface area (Å²) < 4.78 is 41.0. The summed E-state index contributed by atoms with van der Waals surface area (Å²) in [6, 6.07) is 7.15. The van der Waals surface area contributed by atoms with Gasteiger partial charge in [-0.2, -0.15) is 13.2 Å². The number of ether oxygens (including phenoxy) is 1. The molecule has 0 aliphatic heterocycles. The topological polar surface area (TPSA) is 21.3 Å². The van der Waals surface area contributed by atoms with Crippen LogP contribution in [0.3, 0.4) is 0 Å². The van der Waals surface area contributed by atoms with E-state index in [1.165, 1.54) is 0 Å². The minimum Gasteiger partial charge on any atom is -0.497 e. The second-order valence-electron chi connectivity index (χ2n) is 3.82. The highest BCUT2D eigenvalue weighted by Crippen LogP contribution is 2.21. The van der Waals surface area contributed by atoms with Crippen LogP contribution in [0, 0.1) is 0 Å². The molecule has 96 valence electrons. The zero-order valence-electron chi connectivity index (χ0n) is 9.84. The molecule has 0 fully saturated rings. The van der Waals surface area contributed by atoms with Crippen molar-refractivity contribution in [3.8, 4) is 5.75 Å². The van der Waals surface area contributed by atoms with Gasteiger partial charge in [-0.15, -0.1) is 0 Å². The van der Waals surface area contributed by atoms with Gasteiger partial charge in [-0.05, 0) is 24.6 Å². The van der Waals surface area contributed by atoms with E-state index >= 15 is 0 Å². The summed E-state index contributed by atoms with van der Waals surface area (Å²) in [6.07, 6.45) is -4.93. The molecular weight excluding hydrogens is 231 g/mol. The maximum Gasteiger partial charge on any atom is 0.390 e. The highest BCUT2D eigenvalue weighted by atomic mass is 19.4. The highest BCUT2D eigenvalue weighted by molar-refractivity contribution is 5.30. The Labute approximate surface area is 98.8 Å². The smallest absolute Gasteiger partial charge is 0.390 e. The van der Waals surface area contributed by atoms with Crippen molar-refractivity contribution < 1.29 is 17.9 Å². The first-order chi connectivity index (χ1) is 7.92. The molecule has 1 aromatic rings. The molecule has 1 N–H and O–H groups in total. The molecule has 17 heavy (non-hydrogen) atoms. The molecule has 0 amide bonds. The van der Waals surface area contributed by atoms with Gasteiger partial charge in [0.1, 0.15) is 5.75 Å². The van der Waals surface area contributed by atoms with Crippen LogP contribution in [-0.2, 0) is 0 Å². The molecule has 1 unspecified atom stereocenters. The number of alkyl halides is 3. The summed E-state index contributed by atoms with van der Waals surface area (Å²) >= 11 is 0. The summed E-state index contributed by atoms with van der Waals surface area (Å²) in [5, 5.41) is 2.83. The maximum absolute atomic E-state index is 12.0. The molecule has 0 bridgehead atoms. The van der Waals surface area contributed by atoms with Crippen LogP contribution in [0.2, 0.25) is 0 Å². The van der Waals surface area contributed by atoms with Crippen molar-refractivity contribution in [2.45, 2.75) is 25.6 Å². The molecule has 0 heterocycles. The van der Waals surface area contributed by atoms with Crippen LogP contribution >= 0.6 is 0 Å². The average molecular weight is 247 g/mol. The Morgan fingerprint density at radius 3 is 2.65 bits per heavy atom. The highest BCUT2D eigenvalue weighted by Gasteiger charge is 2.26. The molecule has 5 heteroatoms. The lowest BCUT2D eigenvalue weighted by Crippen LogP contribution is -2.24. The predicted octanol–water partition coefficient (Wildman–Crippen LogP) is 3.30. The number of hydrogen-bond acceptors (Lipinski definition) is 2. The molecule has 0 saturated carbocycles. The molecule has 0 aliphatic rings. The Bertz CT molecular complexity index is 352. The van der Waals surface area contributed by atoms with E-state index in [1.54, 1.807) is 13.2 Å². The second-order valence-corrected chi connectivity index (χ2v) is 3.82. The largest absolute Gasteiger partial charge is 0.497 e. The van der Waals surface area contributed by atoms with E-state index in [4.69, 9.17) is 4.74 Å². The van der Waals surface area contributed by atoms with Crippen LogP contribution in [0.5, 0.6) is 5.75 Å². The van der Waals surface area contributed by atoms with E-state index in [0.29, 0.717) is 5.75 Å². The molecule has 0 aromatic heterocycles. The number of nitrogens with one attached hydrogen (secondary N) is 1. The first kappa shape index (κ1) is 13.8. The first-order valence-corrected chi connectivity index (χ1v) is 5.36. The fourth-order valence-corrected chi connectivity index (χ4v) is 1.46. The summed E-state index contributed by atoms with van der Waals surface area (Å²) in [4.78, 5) is 0. The molecule has 1 rings (SSSR count). The monoisotopic (exact) mass is 247 g/mol. The van der Waals surface area contributed by atoms with E-state index in [-0.39, 0.29) is 12.6 Å². The number of methoxy groups -OCH3 is 1. The van der Waals surface area contributed by atoms with Crippen molar-refractivity contribution >= 4 is 0 Å². The van der Waals surface area contributed by atoms with Crippen LogP contribution in [0.15, 0.2) is 24.3 Å². The molecule has 0 aliphatic carbocycles. The van der Waals surface area contributed by atoms with Crippen LogP contribution in [0.1, 0.15) is 24.9 Å². The summed E-state index contributed by atoms with van der Waals surface area (Å²) in [5.41, 5.74) is 0.909. The minimum absolute atomic E-state index is 0.0815. The predicted molar refractivity (Wildman–Crippen MR) is 60.1 cm³/mol. The van der Waals surface area contributed by atoms with Gasteiger partial charge in [-0.3, -0.25) is 0 Å². The van der Waals surface area contributed by atoms with Gasteiger partial charge in [0.2, 0.25) is 0 Å². The van der Waals surface area contributed by atoms with Crippen LogP contribution < -0.4 is 10.1 Å². The van der Waals surface area contributed by atoms with E-state index in [1.807, 2.05) is 25.1 Å². The Balaban J connectivity index is 2.49.